The van der Waals surface area contributed by atoms with Crippen molar-refractivity contribution in [3.63, 3.8) is 0 Å². The minimum atomic E-state index is 0.306. The molecule has 0 atom stereocenters. The molecule has 2 heteroatoms. The van der Waals surface area contributed by atoms with E-state index < -0.39 is 0 Å². The van der Waals surface area contributed by atoms with Crippen LogP contribution < -0.4 is 0 Å². The van der Waals surface area contributed by atoms with Crippen LogP contribution in [0.3, 0.4) is 0 Å². The molecular weight excluding hydrogens is 143 g/mol. The number of carbonyl (C=O) groups is 1. The van der Waals surface area contributed by atoms with Crippen LogP contribution in [0.2, 0.25) is 0 Å². The first kappa shape index (κ1) is 9.58. The van der Waals surface area contributed by atoms with Gasteiger partial charge < -0.3 is 0 Å². The molecule has 0 spiro atoms. The Morgan fingerprint density at radius 3 is 2.50 bits per heavy atom. The number of hydrogen-bond donors (Lipinski definition) is 0. The van der Waals surface area contributed by atoms with Crippen LogP contribution in [0.15, 0.2) is 23.8 Å². The molecule has 0 radical (unpaired) electrons. The predicted molar refractivity (Wildman–Crippen MR) is 50.7 cm³/mol. The van der Waals surface area contributed by atoms with Crippen LogP contribution in [0.25, 0.3) is 0 Å². The third-order valence-corrected chi connectivity index (χ3v) is 1.97. The summed E-state index contributed by atoms with van der Waals surface area (Å²) in [6.07, 6.45) is 6.59. The standard InChI is InChI=1S/C8H15OP/c1-3-5-6-7(4-2)8(9)10/h3,5-6H,4H2,1-2H3,10H4. The van der Waals surface area contributed by atoms with E-state index in [9.17, 15) is 4.79 Å². The van der Waals surface area contributed by atoms with E-state index in [-0.39, 0.29) is 0 Å². The Hall–Kier alpha value is -0.420. The van der Waals surface area contributed by atoms with Gasteiger partial charge in [0.15, 0.2) is 0 Å². The van der Waals surface area contributed by atoms with Crippen LogP contribution in [0.1, 0.15) is 20.3 Å². The van der Waals surface area contributed by atoms with Crippen molar-refractivity contribution in [1.82, 2.24) is 0 Å². The summed E-state index contributed by atoms with van der Waals surface area (Å²) in [5, 5.41) is 0. The van der Waals surface area contributed by atoms with Gasteiger partial charge in [-0.05, 0) is 0 Å². The van der Waals surface area contributed by atoms with Crippen LogP contribution in [0, 0.1) is 0 Å². The first-order valence-corrected chi connectivity index (χ1v) is 4.55. The van der Waals surface area contributed by atoms with Gasteiger partial charge in [0.1, 0.15) is 0 Å². The zero-order valence-electron chi connectivity index (χ0n) is 6.85. The maximum absolute atomic E-state index is 10.8. The van der Waals surface area contributed by atoms with Crippen molar-refractivity contribution in [3.05, 3.63) is 23.8 Å². The summed E-state index contributed by atoms with van der Waals surface area (Å²) in [4.78, 5) is 10.8. The van der Waals surface area contributed by atoms with Gasteiger partial charge in [0.05, 0.1) is 0 Å². The Balaban J connectivity index is 4.18. The number of hydrogen-bond acceptors (Lipinski definition) is 1. The molecule has 0 aliphatic carbocycles. The van der Waals surface area contributed by atoms with Crippen molar-refractivity contribution >= 4 is 14.8 Å². The van der Waals surface area contributed by atoms with Crippen molar-refractivity contribution < 1.29 is 4.79 Å². The van der Waals surface area contributed by atoms with Gasteiger partial charge in [-0.2, -0.15) is 0 Å². The molecular formula is C8H15OP. The second-order valence-electron chi connectivity index (χ2n) is 2.13. The average Bonchev–Trinajstić information content (AvgIpc) is 1.89. The Labute approximate surface area is 64.4 Å². The Bertz CT molecular complexity index is 168. The van der Waals surface area contributed by atoms with Gasteiger partial charge >= 0.3 is 63.6 Å². The van der Waals surface area contributed by atoms with Gasteiger partial charge in [-0.3, -0.25) is 0 Å². The molecule has 1 nitrogen and oxygen atoms in total. The van der Waals surface area contributed by atoms with Crippen molar-refractivity contribution in [3.8, 4) is 0 Å². The molecule has 0 saturated heterocycles. The quantitative estimate of drug-likeness (QED) is 0.347. The number of carbonyl (C=O) groups excluding carboxylic acids is 1. The van der Waals surface area contributed by atoms with Gasteiger partial charge in [0, 0.05) is 0 Å². The van der Waals surface area contributed by atoms with E-state index in [2.05, 4.69) is 0 Å². The van der Waals surface area contributed by atoms with Gasteiger partial charge in [0.2, 0.25) is 0 Å². The summed E-state index contributed by atoms with van der Waals surface area (Å²) in [6, 6.07) is 0. The van der Waals surface area contributed by atoms with E-state index in [1.807, 2.05) is 32.1 Å². The topological polar surface area (TPSA) is 17.1 Å². The second kappa shape index (κ2) is 5.37. The molecule has 0 aliphatic rings. The summed E-state index contributed by atoms with van der Waals surface area (Å²) < 4.78 is 0. The summed E-state index contributed by atoms with van der Waals surface area (Å²) >= 11 is 0. The van der Waals surface area contributed by atoms with Crippen LogP contribution in [0.5, 0.6) is 0 Å². The summed E-state index contributed by atoms with van der Waals surface area (Å²) in [6.45, 7) is 3.95. The van der Waals surface area contributed by atoms with Crippen molar-refractivity contribution in [2.75, 3.05) is 0 Å². The zero-order valence-corrected chi connectivity index (χ0v) is 8.85. The molecule has 0 aromatic carbocycles. The third kappa shape index (κ3) is 3.58. The molecule has 0 aromatic rings. The molecule has 0 aliphatic heterocycles. The molecule has 0 amide bonds. The van der Waals surface area contributed by atoms with E-state index in [0.29, 0.717) is 14.8 Å². The van der Waals surface area contributed by atoms with Crippen LogP contribution >= 0.6 is 9.24 Å². The molecule has 0 heterocycles. The van der Waals surface area contributed by atoms with E-state index in [4.69, 9.17) is 0 Å². The number of allylic oxidation sites excluding steroid dienone is 4. The molecule has 0 bridgehead atoms. The SMILES string of the molecule is CC=CC=C(CC)C(=O)[PH4]. The summed E-state index contributed by atoms with van der Waals surface area (Å²) in [5.41, 5.74) is 1.25. The van der Waals surface area contributed by atoms with Crippen LogP contribution in [-0.4, -0.2) is 5.52 Å². The van der Waals surface area contributed by atoms with E-state index in [1.165, 1.54) is 0 Å². The minimum absolute atomic E-state index is 0.306. The fourth-order valence-electron chi connectivity index (χ4n) is 0.697. The van der Waals surface area contributed by atoms with Gasteiger partial charge in [0.25, 0.3) is 0 Å². The van der Waals surface area contributed by atoms with Crippen LogP contribution in [0.4, 0.5) is 0 Å². The fourth-order valence-corrected chi connectivity index (χ4v) is 1.22. The van der Waals surface area contributed by atoms with Gasteiger partial charge in [-0.25, -0.2) is 0 Å². The Morgan fingerprint density at radius 2 is 2.20 bits per heavy atom. The zero-order chi connectivity index (χ0) is 7.98. The fraction of sp³-hybridized carbons (Fsp3) is 0.375. The van der Waals surface area contributed by atoms with Crippen LogP contribution in [-0.2, 0) is 4.79 Å². The summed E-state index contributed by atoms with van der Waals surface area (Å²) in [7, 11) is 0.638. The van der Waals surface area contributed by atoms with E-state index in [1.54, 1.807) is 0 Å². The van der Waals surface area contributed by atoms with E-state index in [0.717, 1.165) is 12.0 Å². The Kier molecular flexibility index (Phi) is 5.15. The Morgan fingerprint density at radius 1 is 1.60 bits per heavy atom. The average molecular weight is 158 g/mol. The van der Waals surface area contributed by atoms with Gasteiger partial charge in [-0.1, -0.05) is 0 Å². The molecule has 0 unspecified atom stereocenters. The molecule has 58 valence electrons. The normalized spacial score (nSPS) is 12.6. The molecule has 10 heavy (non-hydrogen) atoms. The van der Waals surface area contributed by atoms with E-state index >= 15 is 0 Å². The van der Waals surface area contributed by atoms with Crippen molar-refractivity contribution in [1.29, 1.82) is 0 Å². The first-order valence-electron chi connectivity index (χ1n) is 3.55. The maximum atomic E-state index is 10.8. The number of rotatable bonds is 3. The molecule has 0 rings (SSSR count). The molecule has 0 aromatic heterocycles. The monoisotopic (exact) mass is 158 g/mol. The van der Waals surface area contributed by atoms with Crippen molar-refractivity contribution in [2.45, 2.75) is 20.3 Å². The van der Waals surface area contributed by atoms with Crippen molar-refractivity contribution in [2.24, 2.45) is 0 Å². The molecule has 0 fully saturated rings. The first-order chi connectivity index (χ1) is 4.72. The molecule has 0 saturated carbocycles. The molecule has 0 N–H and O–H groups in total. The predicted octanol–water partition coefficient (Wildman–Crippen LogP) is 1.77. The summed E-state index contributed by atoms with van der Waals surface area (Å²) in [5.74, 6) is 0. The van der Waals surface area contributed by atoms with Gasteiger partial charge in [-0.15, -0.1) is 0 Å². The second-order valence-corrected chi connectivity index (χ2v) is 3.04. The third-order valence-electron chi connectivity index (χ3n) is 1.32.